The minimum absolute atomic E-state index is 0.0532. The van der Waals surface area contributed by atoms with Crippen LogP contribution in [0.4, 0.5) is 5.69 Å². The number of anilines is 1. The standard InChI is InChI=1S/C28H29N5O2/c1-17(21-12-13-23-22(16-21)18(2)31-35-23)24-19(3)29-27-26(32-14-8-5-9-15-32)25(30-33(27)28(24)34)20-10-6-4-7-11-20/h4,6-7,10-13,16-17,30H,5,8-9,14-15H2,1-3H3/t17-/m0/s1. The van der Waals surface area contributed by atoms with Gasteiger partial charge in [-0.3, -0.25) is 9.89 Å². The first-order chi connectivity index (χ1) is 17.0. The molecule has 1 N–H and O–H groups in total. The van der Waals surface area contributed by atoms with Crippen molar-refractivity contribution in [1.29, 1.82) is 0 Å². The van der Waals surface area contributed by atoms with Crippen LogP contribution in [0.15, 0.2) is 57.8 Å². The van der Waals surface area contributed by atoms with E-state index in [1.165, 1.54) is 6.42 Å². The molecule has 0 spiro atoms. The molecule has 1 fully saturated rings. The second-order valence-corrected chi connectivity index (χ2v) is 9.57. The third-order valence-electron chi connectivity index (χ3n) is 7.32. The summed E-state index contributed by atoms with van der Waals surface area (Å²) in [5, 5.41) is 8.47. The lowest BCUT2D eigenvalue weighted by Gasteiger charge is -2.28. The van der Waals surface area contributed by atoms with Crippen LogP contribution in [0.5, 0.6) is 0 Å². The monoisotopic (exact) mass is 467 g/mol. The number of fused-ring (bicyclic) bond motifs is 2. The largest absolute Gasteiger partial charge is 0.367 e. The molecule has 0 bridgehead atoms. The van der Waals surface area contributed by atoms with E-state index in [0.29, 0.717) is 11.2 Å². The molecule has 7 heteroatoms. The molecule has 1 atom stereocenters. The normalized spacial score (nSPS) is 15.2. The predicted octanol–water partition coefficient (Wildman–Crippen LogP) is 5.59. The molecular formula is C28H29N5O2. The Bertz CT molecular complexity index is 1590. The first kappa shape index (κ1) is 21.6. The summed E-state index contributed by atoms with van der Waals surface area (Å²) in [7, 11) is 0. The van der Waals surface area contributed by atoms with Crippen molar-refractivity contribution >= 4 is 22.3 Å². The number of nitrogens with one attached hydrogen (secondary N) is 1. The average molecular weight is 468 g/mol. The molecule has 7 nitrogen and oxygen atoms in total. The van der Waals surface area contributed by atoms with Crippen molar-refractivity contribution in [2.24, 2.45) is 0 Å². The van der Waals surface area contributed by atoms with Crippen molar-refractivity contribution < 1.29 is 4.52 Å². The molecule has 3 aromatic heterocycles. The smallest absolute Gasteiger partial charge is 0.276 e. The maximum atomic E-state index is 14.0. The van der Waals surface area contributed by atoms with Crippen LogP contribution < -0.4 is 10.5 Å². The molecule has 0 amide bonds. The SMILES string of the molecule is Cc1nc2c(N3CCCCC3)c(-c3ccccc3)[nH]n2c(=O)c1[C@@H](C)c1ccc2onc(C)c2c1. The van der Waals surface area contributed by atoms with Crippen LogP contribution in [-0.4, -0.2) is 32.8 Å². The van der Waals surface area contributed by atoms with E-state index < -0.39 is 0 Å². The lowest BCUT2D eigenvalue weighted by Crippen LogP contribution is -2.30. The van der Waals surface area contributed by atoms with Gasteiger partial charge in [0.15, 0.2) is 11.2 Å². The van der Waals surface area contributed by atoms with Crippen LogP contribution in [0, 0.1) is 13.8 Å². The van der Waals surface area contributed by atoms with Crippen LogP contribution in [0.25, 0.3) is 27.9 Å². The number of benzene rings is 2. The predicted molar refractivity (Wildman–Crippen MR) is 138 cm³/mol. The highest BCUT2D eigenvalue weighted by Crippen LogP contribution is 2.36. The number of nitrogens with zero attached hydrogens (tertiary/aromatic N) is 4. The fraction of sp³-hybridized carbons (Fsp3) is 0.321. The molecule has 2 aromatic carbocycles. The summed E-state index contributed by atoms with van der Waals surface area (Å²) in [4.78, 5) is 21.4. The zero-order valence-electron chi connectivity index (χ0n) is 20.3. The van der Waals surface area contributed by atoms with Gasteiger partial charge in [-0.2, -0.15) is 4.52 Å². The fourth-order valence-electron chi connectivity index (χ4n) is 5.41. The lowest BCUT2D eigenvalue weighted by atomic mass is 9.92. The van der Waals surface area contributed by atoms with Gasteiger partial charge in [0.05, 0.1) is 11.4 Å². The molecule has 1 aliphatic heterocycles. The second-order valence-electron chi connectivity index (χ2n) is 9.57. The first-order valence-corrected chi connectivity index (χ1v) is 12.3. The Morgan fingerprint density at radius 1 is 1.00 bits per heavy atom. The van der Waals surface area contributed by atoms with Crippen molar-refractivity contribution in [2.45, 2.75) is 46.0 Å². The van der Waals surface area contributed by atoms with Crippen LogP contribution in [0.1, 0.15) is 54.6 Å². The van der Waals surface area contributed by atoms with Gasteiger partial charge in [-0.15, -0.1) is 0 Å². The van der Waals surface area contributed by atoms with Gasteiger partial charge < -0.3 is 9.42 Å². The van der Waals surface area contributed by atoms with Crippen molar-refractivity contribution in [2.75, 3.05) is 18.0 Å². The quantitative estimate of drug-likeness (QED) is 0.373. The zero-order chi connectivity index (χ0) is 24.1. The van der Waals surface area contributed by atoms with E-state index in [9.17, 15) is 4.79 Å². The van der Waals surface area contributed by atoms with Crippen molar-refractivity contribution in [3.63, 3.8) is 0 Å². The van der Waals surface area contributed by atoms with Crippen LogP contribution >= 0.6 is 0 Å². The highest BCUT2D eigenvalue weighted by atomic mass is 16.5. The topological polar surface area (TPSA) is 79.4 Å². The van der Waals surface area contributed by atoms with Gasteiger partial charge in [-0.05, 0) is 50.8 Å². The summed E-state index contributed by atoms with van der Waals surface area (Å²) in [5.74, 6) is -0.132. The zero-order valence-corrected chi connectivity index (χ0v) is 20.3. The molecular weight excluding hydrogens is 438 g/mol. The molecule has 178 valence electrons. The number of aromatic nitrogens is 4. The minimum atomic E-state index is -0.132. The number of rotatable bonds is 4. The van der Waals surface area contributed by atoms with Crippen LogP contribution in [0.3, 0.4) is 0 Å². The Hall–Kier alpha value is -3.87. The van der Waals surface area contributed by atoms with Crippen molar-refractivity contribution in [1.82, 2.24) is 19.8 Å². The summed E-state index contributed by atoms with van der Waals surface area (Å²) in [6.07, 6.45) is 3.53. The first-order valence-electron chi connectivity index (χ1n) is 12.3. The average Bonchev–Trinajstić information content (AvgIpc) is 3.45. The maximum absolute atomic E-state index is 14.0. The molecule has 4 heterocycles. The highest BCUT2D eigenvalue weighted by Gasteiger charge is 2.26. The Labute approximate surface area is 203 Å². The van der Waals surface area contributed by atoms with Crippen molar-refractivity contribution in [3.8, 4) is 11.3 Å². The molecule has 1 saturated heterocycles. The van der Waals surface area contributed by atoms with Gasteiger partial charge >= 0.3 is 0 Å². The number of hydrogen-bond acceptors (Lipinski definition) is 5. The van der Waals surface area contributed by atoms with E-state index in [4.69, 9.17) is 9.51 Å². The number of piperidine rings is 1. The summed E-state index contributed by atoms with van der Waals surface area (Å²) < 4.78 is 7.02. The minimum Gasteiger partial charge on any atom is -0.367 e. The van der Waals surface area contributed by atoms with Crippen molar-refractivity contribution in [3.05, 3.63) is 81.4 Å². The Kier molecular flexibility index (Phi) is 5.20. The van der Waals surface area contributed by atoms with Gasteiger partial charge in [-0.1, -0.05) is 48.5 Å². The molecule has 5 aromatic rings. The number of aryl methyl sites for hydroxylation is 2. The summed E-state index contributed by atoms with van der Waals surface area (Å²) in [6, 6.07) is 16.2. The van der Waals surface area contributed by atoms with E-state index in [1.54, 1.807) is 4.52 Å². The van der Waals surface area contributed by atoms with E-state index in [-0.39, 0.29) is 11.5 Å². The molecule has 0 radical (unpaired) electrons. The van der Waals surface area contributed by atoms with E-state index >= 15 is 0 Å². The summed E-state index contributed by atoms with van der Waals surface area (Å²) >= 11 is 0. The van der Waals surface area contributed by atoms with Gasteiger partial charge in [0, 0.05) is 41.2 Å². The second kappa shape index (κ2) is 8.41. The lowest BCUT2D eigenvalue weighted by molar-refractivity contribution is 0.450. The molecule has 1 aliphatic rings. The maximum Gasteiger partial charge on any atom is 0.276 e. The number of aromatic amines is 1. The molecule has 6 rings (SSSR count). The van der Waals surface area contributed by atoms with Crippen LogP contribution in [-0.2, 0) is 0 Å². The van der Waals surface area contributed by atoms with E-state index in [0.717, 1.165) is 70.8 Å². The summed E-state index contributed by atoms with van der Waals surface area (Å²) in [6.45, 7) is 7.89. The number of H-pyrrole nitrogens is 1. The van der Waals surface area contributed by atoms with E-state index in [1.807, 2.05) is 44.2 Å². The van der Waals surface area contributed by atoms with Gasteiger partial charge in [0.1, 0.15) is 5.69 Å². The van der Waals surface area contributed by atoms with E-state index in [2.05, 4.69) is 40.3 Å². The molecule has 0 unspecified atom stereocenters. The van der Waals surface area contributed by atoms with Gasteiger partial charge in [-0.25, -0.2) is 4.98 Å². The Balaban J connectivity index is 1.54. The Morgan fingerprint density at radius 2 is 1.77 bits per heavy atom. The molecule has 0 aliphatic carbocycles. The van der Waals surface area contributed by atoms with Gasteiger partial charge in [0.25, 0.3) is 5.56 Å². The van der Waals surface area contributed by atoms with Gasteiger partial charge in [0.2, 0.25) is 0 Å². The van der Waals surface area contributed by atoms with Crippen LogP contribution in [0.2, 0.25) is 0 Å². The third-order valence-corrected chi connectivity index (χ3v) is 7.32. The Morgan fingerprint density at radius 3 is 2.54 bits per heavy atom. The highest BCUT2D eigenvalue weighted by molar-refractivity contribution is 5.86. The third kappa shape index (κ3) is 3.53. The fourth-order valence-corrected chi connectivity index (χ4v) is 5.41. The summed E-state index contributed by atoms with van der Waals surface area (Å²) in [5.41, 5.74) is 7.78. The number of hydrogen-bond donors (Lipinski definition) is 1. The molecule has 0 saturated carbocycles. The molecule has 35 heavy (non-hydrogen) atoms.